The van der Waals surface area contributed by atoms with Gasteiger partial charge in [0.05, 0.1) is 0 Å². The summed E-state index contributed by atoms with van der Waals surface area (Å²) in [4.78, 5) is 27.6. The predicted octanol–water partition coefficient (Wildman–Crippen LogP) is 1.92. The van der Waals surface area contributed by atoms with Crippen molar-refractivity contribution in [2.45, 2.75) is 25.7 Å². The maximum absolute atomic E-state index is 12.1. The first kappa shape index (κ1) is 13.7. The molecule has 0 unspecified atom stereocenters. The molecule has 4 nitrogen and oxygen atoms in total. The van der Waals surface area contributed by atoms with E-state index in [0.717, 1.165) is 25.7 Å². The smallest absolute Gasteiger partial charge is 0.267 e. The van der Waals surface area contributed by atoms with Crippen molar-refractivity contribution in [3.05, 3.63) is 10.1 Å². The molecule has 2 aliphatic rings. The second-order valence-corrected chi connectivity index (χ2v) is 5.38. The summed E-state index contributed by atoms with van der Waals surface area (Å²) in [5, 5.41) is -0.286. The van der Waals surface area contributed by atoms with E-state index in [-0.39, 0.29) is 21.9 Å². The largest absolute Gasteiger partial charge is 0.338 e. The summed E-state index contributed by atoms with van der Waals surface area (Å²) in [5.74, 6) is -0.641. The van der Waals surface area contributed by atoms with Gasteiger partial charge >= 0.3 is 0 Å². The molecule has 0 saturated carbocycles. The van der Waals surface area contributed by atoms with Gasteiger partial charge in [-0.25, -0.2) is 0 Å². The lowest BCUT2D eigenvalue weighted by Gasteiger charge is -2.25. The van der Waals surface area contributed by atoms with Crippen LogP contribution in [0.5, 0.6) is 0 Å². The third-order valence-corrected chi connectivity index (χ3v) is 4.15. The fraction of sp³-hybridized carbons (Fsp3) is 0.667. The van der Waals surface area contributed by atoms with Crippen LogP contribution in [0.15, 0.2) is 10.1 Å². The van der Waals surface area contributed by atoms with Gasteiger partial charge in [0.2, 0.25) is 0 Å². The van der Waals surface area contributed by atoms with Crippen molar-refractivity contribution in [3.8, 4) is 0 Å². The van der Waals surface area contributed by atoms with Crippen LogP contribution < -0.4 is 0 Å². The highest BCUT2D eigenvalue weighted by molar-refractivity contribution is 6.53. The summed E-state index contributed by atoms with van der Waals surface area (Å²) in [6.07, 6.45) is 3.65. The molecule has 2 amide bonds. The van der Waals surface area contributed by atoms with Crippen LogP contribution in [0.25, 0.3) is 0 Å². The highest BCUT2D eigenvalue weighted by Gasteiger charge is 2.28. The van der Waals surface area contributed by atoms with Crippen molar-refractivity contribution in [3.63, 3.8) is 0 Å². The summed E-state index contributed by atoms with van der Waals surface area (Å²) in [5.41, 5.74) is 0. The number of hydrogen-bond donors (Lipinski definition) is 0. The van der Waals surface area contributed by atoms with Gasteiger partial charge in [-0.05, 0) is 25.7 Å². The lowest BCUT2D eigenvalue weighted by atomic mass is 10.2. The molecule has 2 aliphatic heterocycles. The summed E-state index contributed by atoms with van der Waals surface area (Å²) < 4.78 is 0. The van der Waals surface area contributed by atoms with Gasteiger partial charge in [-0.2, -0.15) is 0 Å². The third kappa shape index (κ3) is 2.81. The van der Waals surface area contributed by atoms with Gasteiger partial charge in [0, 0.05) is 26.2 Å². The van der Waals surface area contributed by atoms with E-state index in [1.54, 1.807) is 9.80 Å². The average molecular weight is 291 g/mol. The monoisotopic (exact) mass is 290 g/mol. The van der Waals surface area contributed by atoms with E-state index < -0.39 is 0 Å². The Bertz CT molecular complexity index is 362. The minimum atomic E-state index is -0.321. The van der Waals surface area contributed by atoms with Crippen LogP contribution in [0.1, 0.15) is 25.7 Å². The van der Waals surface area contributed by atoms with Gasteiger partial charge in [-0.15, -0.1) is 0 Å². The maximum atomic E-state index is 12.1. The number of carbonyl (C=O) groups excluding carboxylic acids is 2. The van der Waals surface area contributed by atoms with E-state index in [1.807, 2.05) is 0 Å². The molecule has 0 aliphatic carbocycles. The lowest BCUT2D eigenvalue weighted by molar-refractivity contribution is -0.127. The molecular weight excluding hydrogens is 275 g/mol. The molecule has 18 heavy (non-hydrogen) atoms. The fourth-order valence-corrected chi connectivity index (χ4v) is 2.73. The Kier molecular flexibility index (Phi) is 4.51. The second-order valence-electron chi connectivity index (χ2n) is 4.63. The van der Waals surface area contributed by atoms with Gasteiger partial charge in [0.15, 0.2) is 0 Å². The number of nitrogens with zero attached hydrogens (tertiary/aromatic N) is 2. The lowest BCUT2D eigenvalue weighted by Crippen LogP contribution is -2.36. The van der Waals surface area contributed by atoms with Gasteiger partial charge in [-0.1, -0.05) is 23.2 Å². The topological polar surface area (TPSA) is 40.6 Å². The van der Waals surface area contributed by atoms with Gasteiger partial charge in [0.25, 0.3) is 11.8 Å². The average Bonchev–Trinajstić information content (AvgIpc) is 2.41. The predicted molar refractivity (Wildman–Crippen MR) is 70.4 cm³/mol. The van der Waals surface area contributed by atoms with E-state index in [2.05, 4.69) is 0 Å². The zero-order valence-electron chi connectivity index (χ0n) is 10.1. The number of fused-ring (bicyclic) bond motifs is 4. The van der Waals surface area contributed by atoms with Gasteiger partial charge < -0.3 is 9.80 Å². The zero-order chi connectivity index (χ0) is 13.1. The van der Waals surface area contributed by atoms with Crippen LogP contribution in [0, 0.1) is 0 Å². The van der Waals surface area contributed by atoms with E-state index >= 15 is 0 Å². The summed E-state index contributed by atoms with van der Waals surface area (Å²) in [6.45, 7) is 2.63. The Hall–Kier alpha value is -0.740. The quantitative estimate of drug-likeness (QED) is 0.684. The highest BCUT2D eigenvalue weighted by Crippen LogP contribution is 2.23. The molecule has 0 aromatic rings. The molecule has 100 valence electrons. The number of amides is 2. The molecule has 0 atom stereocenters. The van der Waals surface area contributed by atoms with E-state index in [9.17, 15) is 9.59 Å². The normalized spacial score (nSPS) is 27.2. The van der Waals surface area contributed by atoms with Crippen LogP contribution >= 0.6 is 23.2 Å². The Morgan fingerprint density at radius 3 is 1.50 bits per heavy atom. The van der Waals surface area contributed by atoms with Crippen molar-refractivity contribution in [1.29, 1.82) is 0 Å². The number of halogens is 2. The molecule has 0 spiro atoms. The minimum Gasteiger partial charge on any atom is -0.338 e. The summed E-state index contributed by atoms with van der Waals surface area (Å²) in [7, 11) is 0. The summed E-state index contributed by atoms with van der Waals surface area (Å²) in [6, 6.07) is 0. The molecule has 2 bridgehead atoms. The molecule has 6 heteroatoms. The van der Waals surface area contributed by atoms with Crippen LogP contribution in [-0.4, -0.2) is 47.8 Å². The number of carbonyl (C=O) groups is 2. The molecule has 0 aromatic heterocycles. The van der Waals surface area contributed by atoms with Gasteiger partial charge in [-0.3, -0.25) is 9.59 Å². The summed E-state index contributed by atoms with van der Waals surface area (Å²) >= 11 is 11.9. The Labute approximate surface area is 117 Å². The molecular formula is C12H16Cl2N2O2. The molecule has 0 N–H and O–H groups in total. The van der Waals surface area contributed by atoms with E-state index in [1.165, 1.54) is 0 Å². The minimum absolute atomic E-state index is 0.143. The maximum Gasteiger partial charge on any atom is 0.267 e. The van der Waals surface area contributed by atoms with Crippen LogP contribution in [0.4, 0.5) is 0 Å². The molecule has 0 aromatic carbocycles. The molecule has 2 rings (SSSR count). The van der Waals surface area contributed by atoms with Crippen LogP contribution in [0.3, 0.4) is 0 Å². The van der Waals surface area contributed by atoms with Crippen molar-refractivity contribution >= 4 is 35.0 Å². The molecule has 2 heterocycles. The SMILES string of the molecule is O=C1/C(Cl)=C(/Cl)C(=O)N2CCCCCN1CCC2. The first-order valence-electron chi connectivity index (χ1n) is 6.25. The first-order valence-corrected chi connectivity index (χ1v) is 7.00. The number of hydrogen-bond acceptors (Lipinski definition) is 2. The van der Waals surface area contributed by atoms with Crippen molar-refractivity contribution in [1.82, 2.24) is 9.80 Å². The molecule has 0 radical (unpaired) electrons. The Morgan fingerprint density at radius 1 is 0.667 bits per heavy atom. The van der Waals surface area contributed by atoms with Crippen molar-refractivity contribution in [2.24, 2.45) is 0 Å². The van der Waals surface area contributed by atoms with Gasteiger partial charge in [0.1, 0.15) is 10.1 Å². The van der Waals surface area contributed by atoms with Crippen LogP contribution in [-0.2, 0) is 9.59 Å². The number of rotatable bonds is 0. The Balaban J connectivity index is 2.38. The second kappa shape index (κ2) is 5.93. The van der Waals surface area contributed by atoms with E-state index in [4.69, 9.17) is 23.2 Å². The van der Waals surface area contributed by atoms with Crippen molar-refractivity contribution < 1.29 is 9.59 Å². The molecule has 1 saturated heterocycles. The third-order valence-electron chi connectivity index (χ3n) is 3.35. The van der Waals surface area contributed by atoms with Crippen LogP contribution in [0.2, 0.25) is 0 Å². The molecule has 1 fully saturated rings. The highest BCUT2D eigenvalue weighted by atomic mass is 35.5. The standard InChI is InChI=1S/C12H16Cl2N2O2/c13-9-10(14)12(18)16-6-3-1-2-5-15(11(9)17)7-4-8-16/h1-8H2/b10-9-. The zero-order valence-corrected chi connectivity index (χ0v) is 11.6. The van der Waals surface area contributed by atoms with Crippen molar-refractivity contribution in [2.75, 3.05) is 26.2 Å². The first-order chi connectivity index (χ1) is 8.61. The van der Waals surface area contributed by atoms with E-state index in [0.29, 0.717) is 26.2 Å². The fourth-order valence-electron chi connectivity index (χ4n) is 2.33. The Morgan fingerprint density at radius 2 is 1.06 bits per heavy atom.